The van der Waals surface area contributed by atoms with Crippen molar-refractivity contribution in [2.24, 2.45) is 10.7 Å². The molecule has 0 unspecified atom stereocenters. The zero-order valence-corrected chi connectivity index (χ0v) is 16.1. The summed E-state index contributed by atoms with van der Waals surface area (Å²) in [7, 11) is 0. The molecule has 1 heterocycles. The molecule has 1 fully saturated rings. The first-order chi connectivity index (χ1) is 12.0. The van der Waals surface area contributed by atoms with Crippen molar-refractivity contribution in [2.75, 3.05) is 26.0 Å². The van der Waals surface area contributed by atoms with E-state index in [9.17, 15) is 4.79 Å². The first-order valence-corrected chi connectivity index (χ1v) is 9.87. The van der Waals surface area contributed by atoms with E-state index in [1.807, 2.05) is 6.92 Å². The highest BCUT2D eigenvalue weighted by atomic mass is 32.2. The molecule has 0 atom stereocenters. The number of benzene rings is 1. The summed E-state index contributed by atoms with van der Waals surface area (Å²) in [4.78, 5) is 19.2. The molecule has 0 radical (unpaired) electrons. The predicted molar refractivity (Wildman–Crippen MR) is 103 cm³/mol. The maximum Gasteiger partial charge on any atom is 0.409 e. The molecule has 0 spiro atoms. The first-order valence-electron chi connectivity index (χ1n) is 8.65. The normalized spacial score (nSPS) is 16.0. The molecular weight excluding hydrogens is 336 g/mol. The summed E-state index contributed by atoms with van der Waals surface area (Å²) in [5.41, 5.74) is 8.47. The molecular formula is C18H28N4O2S. The number of hydrogen-bond donors (Lipinski definition) is 2. The minimum absolute atomic E-state index is 0.230. The smallest absolute Gasteiger partial charge is 0.409 e. The van der Waals surface area contributed by atoms with E-state index in [4.69, 9.17) is 10.5 Å². The van der Waals surface area contributed by atoms with E-state index in [-0.39, 0.29) is 12.1 Å². The lowest BCUT2D eigenvalue weighted by molar-refractivity contribution is 0.0963. The molecule has 0 aliphatic carbocycles. The maximum atomic E-state index is 11.7. The van der Waals surface area contributed by atoms with Gasteiger partial charge in [-0.1, -0.05) is 12.1 Å². The van der Waals surface area contributed by atoms with Gasteiger partial charge in [-0.05, 0) is 50.1 Å². The van der Waals surface area contributed by atoms with Gasteiger partial charge in [0.15, 0.2) is 5.96 Å². The van der Waals surface area contributed by atoms with Crippen LogP contribution in [0.25, 0.3) is 0 Å². The molecule has 138 valence electrons. The lowest BCUT2D eigenvalue weighted by atomic mass is 10.1. The average Bonchev–Trinajstić information content (AvgIpc) is 2.61. The Hall–Kier alpha value is -1.89. The maximum absolute atomic E-state index is 11.7. The summed E-state index contributed by atoms with van der Waals surface area (Å²) in [6, 6.07) is 6.62. The number of likely N-dealkylation sites (tertiary alicyclic amines) is 1. The molecule has 1 amide bonds. The number of aryl methyl sites for hydroxylation is 1. The molecule has 6 nitrogen and oxygen atoms in total. The van der Waals surface area contributed by atoms with Gasteiger partial charge in [-0.25, -0.2) is 9.79 Å². The van der Waals surface area contributed by atoms with E-state index >= 15 is 0 Å². The number of nitrogens with zero attached hydrogens (tertiary/aromatic N) is 2. The van der Waals surface area contributed by atoms with Gasteiger partial charge in [0.2, 0.25) is 0 Å². The third-order valence-electron chi connectivity index (χ3n) is 4.24. The molecule has 0 aromatic heterocycles. The fourth-order valence-corrected chi connectivity index (χ4v) is 3.53. The van der Waals surface area contributed by atoms with Gasteiger partial charge in [-0.2, -0.15) is 0 Å². The minimum atomic E-state index is -0.230. The Labute approximate surface area is 154 Å². The van der Waals surface area contributed by atoms with Gasteiger partial charge in [-0.3, -0.25) is 0 Å². The number of nitrogens with two attached hydrogens (primary N) is 1. The Morgan fingerprint density at radius 1 is 1.44 bits per heavy atom. The van der Waals surface area contributed by atoms with Crippen molar-refractivity contribution in [3.05, 3.63) is 29.3 Å². The van der Waals surface area contributed by atoms with Crippen LogP contribution in [-0.4, -0.2) is 48.9 Å². The number of ether oxygens (including phenoxy) is 1. The Morgan fingerprint density at radius 2 is 2.16 bits per heavy atom. The summed E-state index contributed by atoms with van der Waals surface area (Å²) in [5.74, 6) is 0.460. The van der Waals surface area contributed by atoms with Crippen LogP contribution in [-0.2, 0) is 11.3 Å². The van der Waals surface area contributed by atoms with E-state index in [2.05, 4.69) is 41.7 Å². The summed E-state index contributed by atoms with van der Waals surface area (Å²) in [5, 5.41) is 3.27. The van der Waals surface area contributed by atoms with Gasteiger partial charge < -0.3 is 20.7 Å². The van der Waals surface area contributed by atoms with Crippen LogP contribution in [0.4, 0.5) is 4.79 Å². The molecule has 0 bridgehead atoms. The second-order valence-corrected chi connectivity index (χ2v) is 6.97. The number of piperidine rings is 1. The van der Waals surface area contributed by atoms with Crippen molar-refractivity contribution in [3.8, 4) is 0 Å². The Balaban J connectivity index is 1.83. The highest BCUT2D eigenvalue weighted by Crippen LogP contribution is 2.22. The molecule has 0 saturated carbocycles. The van der Waals surface area contributed by atoms with Crippen LogP contribution in [0.3, 0.4) is 0 Å². The summed E-state index contributed by atoms with van der Waals surface area (Å²) in [6.45, 7) is 6.24. The Kier molecular flexibility index (Phi) is 7.43. The second kappa shape index (κ2) is 9.56. The van der Waals surface area contributed by atoms with Gasteiger partial charge in [-0.15, -0.1) is 11.8 Å². The molecule has 1 aliphatic heterocycles. The Bertz CT molecular complexity index is 613. The SMILES string of the molecule is CCOC(=O)N1CCC(NC(N)=NCc2ccc(C)cc2SC)CC1. The highest BCUT2D eigenvalue weighted by molar-refractivity contribution is 7.98. The monoisotopic (exact) mass is 364 g/mol. The summed E-state index contributed by atoms with van der Waals surface area (Å²) in [6.07, 6.45) is 3.53. The molecule has 1 aliphatic rings. The predicted octanol–water partition coefficient (Wildman–Crippen LogP) is 2.74. The van der Waals surface area contributed by atoms with Crippen molar-refractivity contribution < 1.29 is 9.53 Å². The number of carbonyl (C=O) groups is 1. The standard InChI is InChI=1S/C18H28N4O2S/c1-4-24-18(23)22-9-7-15(8-10-22)21-17(19)20-12-14-6-5-13(2)11-16(14)25-3/h5-6,11,15H,4,7-10,12H2,1-3H3,(H3,19,20,21). The van der Waals surface area contributed by atoms with Crippen LogP contribution in [0.15, 0.2) is 28.1 Å². The van der Waals surface area contributed by atoms with Crippen molar-refractivity contribution in [1.29, 1.82) is 0 Å². The number of nitrogens with one attached hydrogen (secondary N) is 1. The van der Waals surface area contributed by atoms with E-state index in [1.54, 1.807) is 16.7 Å². The van der Waals surface area contributed by atoms with Crippen molar-refractivity contribution in [2.45, 2.75) is 44.2 Å². The van der Waals surface area contributed by atoms with E-state index in [0.717, 1.165) is 12.8 Å². The topological polar surface area (TPSA) is 80.0 Å². The molecule has 2 rings (SSSR count). The van der Waals surface area contributed by atoms with Crippen molar-refractivity contribution in [3.63, 3.8) is 0 Å². The van der Waals surface area contributed by atoms with Crippen LogP contribution in [0.5, 0.6) is 0 Å². The van der Waals surface area contributed by atoms with Gasteiger partial charge in [0.1, 0.15) is 0 Å². The number of aliphatic imine (C=N–C) groups is 1. The second-order valence-electron chi connectivity index (χ2n) is 6.12. The highest BCUT2D eigenvalue weighted by Gasteiger charge is 2.23. The molecule has 7 heteroatoms. The number of amides is 1. The lowest BCUT2D eigenvalue weighted by Gasteiger charge is -2.31. The van der Waals surface area contributed by atoms with Crippen LogP contribution < -0.4 is 11.1 Å². The summed E-state index contributed by atoms with van der Waals surface area (Å²) >= 11 is 1.72. The lowest BCUT2D eigenvalue weighted by Crippen LogP contribution is -2.48. The third-order valence-corrected chi connectivity index (χ3v) is 5.06. The number of hydrogen-bond acceptors (Lipinski definition) is 4. The number of carbonyl (C=O) groups excluding carboxylic acids is 1. The largest absolute Gasteiger partial charge is 0.450 e. The van der Waals surface area contributed by atoms with E-state index in [1.165, 1.54) is 16.0 Å². The summed E-state index contributed by atoms with van der Waals surface area (Å²) < 4.78 is 5.03. The minimum Gasteiger partial charge on any atom is -0.450 e. The molecule has 1 saturated heterocycles. The van der Waals surface area contributed by atoms with Gasteiger partial charge in [0.05, 0.1) is 13.2 Å². The first kappa shape index (κ1) is 19.4. The molecule has 25 heavy (non-hydrogen) atoms. The quantitative estimate of drug-likeness (QED) is 0.477. The average molecular weight is 365 g/mol. The van der Waals surface area contributed by atoms with Crippen molar-refractivity contribution >= 4 is 23.8 Å². The number of guanidine groups is 1. The fraction of sp³-hybridized carbons (Fsp3) is 0.556. The van der Waals surface area contributed by atoms with Crippen LogP contribution in [0.2, 0.25) is 0 Å². The fourth-order valence-electron chi connectivity index (χ4n) is 2.83. The molecule has 1 aromatic rings. The third kappa shape index (κ3) is 5.85. The number of rotatable bonds is 5. The van der Waals surface area contributed by atoms with Crippen LogP contribution in [0, 0.1) is 6.92 Å². The Morgan fingerprint density at radius 3 is 2.80 bits per heavy atom. The van der Waals surface area contributed by atoms with Crippen LogP contribution in [0.1, 0.15) is 30.9 Å². The van der Waals surface area contributed by atoms with Gasteiger partial charge in [0, 0.05) is 24.0 Å². The molecule has 3 N–H and O–H groups in total. The zero-order valence-electron chi connectivity index (χ0n) is 15.2. The van der Waals surface area contributed by atoms with Crippen LogP contribution >= 0.6 is 11.8 Å². The van der Waals surface area contributed by atoms with Gasteiger partial charge >= 0.3 is 6.09 Å². The van der Waals surface area contributed by atoms with E-state index < -0.39 is 0 Å². The van der Waals surface area contributed by atoms with E-state index in [0.29, 0.717) is 32.2 Å². The zero-order chi connectivity index (χ0) is 18.2. The molecule has 1 aromatic carbocycles. The van der Waals surface area contributed by atoms with Gasteiger partial charge in [0.25, 0.3) is 0 Å². The van der Waals surface area contributed by atoms with Crippen molar-refractivity contribution in [1.82, 2.24) is 10.2 Å². The number of thioether (sulfide) groups is 1.